The molecule has 0 fully saturated rings. The summed E-state index contributed by atoms with van der Waals surface area (Å²) in [4.78, 5) is 8.70. The van der Waals surface area contributed by atoms with E-state index in [-0.39, 0.29) is 0 Å². The van der Waals surface area contributed by atoms with Gasteiger partial charge in [0.05, 0.1) is 10.7 Å². The summed E-state index contributed by atoms with van der Waals surface area (Å²) in [5, 5.41) is 6.45. The average molecular weight is 233 g/mol. The van der Waals surface area contributed by atoms with Crippen LogP contribution in [0.2, 0.25) is 0 Å². The summed E-state index contributed by atoms with van der Waals surface area (Å²) in [7, 11) is 1.98. The fraction of sp³-hybridized carbons (Fsp3) is 0.333. The maximum Gasteiger partial charge on any atom is 0.0933 e. The van der Waals surface area contributed by atoms with E-state index in [1.165, 1.54) is 5.01 Å². The van der Waals surface area contributed by atoms with Crippen molar-refractivity contribution < 1.29 is 0 Å². The largest absolute Gasteiger partial charge is 0.320 e. The molecule has 0 saturated heterocycles. The highest BCUT2D eigenvalue weighted by atomic mass is 32.1. The van der Waals surface area contributed by atoms with Crippen LogP contribution in [0.5, 0.6) is 0 Å². The first-order valence-electron chi connectivity index (χ1n) is 5.39. The summed E-state index contributed by atoms with van der Waals surface area (Å²) in [5.41, 5.74) is 2.14. The van der Waals surface area contributed by atoms with Crippen LogP contribution in [-0.2, 0) is 6.42 Å². The van der Waals surface area contributed by atoms with Crippen molar-refractivity contribution in [1.82, 2.24) is 15.3 Å². The molecule has 3 nitrogen and oxygen atoms in total. The Morgan fingerprint density at radius 1 is 1.44 bits per heavy atom. The van der Waals surface area contributed by atoms with Gasteiger partial charge in [-0.25, -0.2) is 4.98 Å². The maximum absolute atomic E-state index is 4.60. The molecule has 1 N–H and O–H groups in total. The quantitative estimate of drug-likeness (QED) is 0.806. The van der Waals surface area contributed by atoms with Crippen molar-refractivity contribution in [2.24, 2.45) is 0 Å². The first-order chi connectivity index (χ1) is 7.90. The summed E-state index contributed by atoms with van der Waals surface area (Å²) in [5.74, 6) is 0. The topological polar surface area (TPSA) is 37.8 Å². The number of nitrogens with one attached hydrogen (secondary N) is 1. The summed E-state index contributed by atoms with van der Waals surface area (Å²) < 4.78 is 0. The predicted molar refractivity (Wildman–Crippen MR) is 67.6 cm³/mol. The normalized spacial score (nSPS) is 10.6. The highest BCUT2D eigenvalue weighted by Gasteiger charge is 2.03. The van der Waals surface area contributed by atoms with Gasteiger partial charge in [0.2, 0.25) is 0 Å². The zero-order valence-electron chi connectivity index (χ0n) is 9.31. The zero-order chi connectivity index (χ0) is 11.2. The van der Waals surface area contributed by atoms with Crippen LogP contribution < -0.4 is 5.32 Å². The van der Waals surface area contributed by atoms with E-state index in [9.17, 15) is 0 Å². The third-order valence-electron chi connectivity index (χ3n) is 2.33. The average Bonchev–Trinajstić information content (AvgIpc) is 2.79. The molecule has 0 bridgehead atoms. The molecule has 4 heteroatoms. The van der Waals surface area contributed by atoms with E-state index in [4.69, 9.17) is 0 Å². The number of thiazole rings is 1. The molecule has 0 spiro atoms. The molecule has 84 valence electrons. The van der Waals surface area contributed by atoms with E-state index < -0.39 is 0 Å². The molecule has 0 aromatic carbocycles. The molecule has 0 unspecified atom stereocenters. The maximum atomic E-state index is 4.60. The van der Waals surface area contributed by atoms with Gasteiger partial charge in [-0.2, -0.15) is 0 Å². The molecule has 2 heterocycles. The summed E-state index contributed by atoms with van der Waals surface area (Å²) in [6.45, 7) is 1.04. The minimum atomic E-state index is 1.04. The zero-order valence-corrected chi connectivity index (χ0v) is 10.1. The van der Waals surface area contributed by atoms with Gasteiger partial charge in [-0.05, 0) is 32.1 Å². The number of aromatic nitrogens is 2. The smallest absolute Gasteiger partial charge is 0.0933 e. The molecule has 0 aliphatic heterocycles. The lowest BCUT2D eigenvalue weighted by Gasteiger charge is -1.96. The van der Waals surface area contributed by atoms with Crippen molar-refractivity contribution in [2.75, 3.05) is 13.6 Å². The third-order valence-corrected chi connectivity index (χ3v) is 3.24. The Hall–Kier alpha value is -1.26. The van der Waals surface area contributed by atoms with Gasteiger partial charge in [0.15, 0.2) is 0 Å². The lowest BCUT2D eigenvalue weighted by molar-refractivity contribution is 0.722. The van der Waals surface area contributed by atoms with E-state index in [1.807, 2.05) is 25.4 Å². The molecule has 2 aromatic heterocycles. The van der Waals surface area contributed by atoms with Crippen molar-refractivity contribution in [2.45, 2.75) is 12.8 Å². The standard InChI is InChI=1S/C12H15N3S/c1-13-6-3-5-12-15-11(9-16-12)10-4-2-7-14-8-10/h2,4,7-9,13H,3,5-6H2,1H3. The van der Waals surface area contributed by atoms with Crippen molar-refractivity contribution in [3.05, 3.63) is 34.9 Å². The minimum absolute atomic E-state index is 1.04. The molecule has 2 rings (SSSR count). The van der Waals surface area contributed by atoms with E-state index in [1.54, 1.807) is 17.5 Å². The van der Waals surface area contributed by atoms with Crippen LogP contribution >= 0.6 is 11.3 Å². The van der Waals surface area contributed by atoms with Crippen molar-refractivity contribution >= 4 is 11.3 Å². The first kappa shape index (κ1) is 11.2. The van der Waals surface area contributed by atoms with Crippen LogP contribution in [0.4, 0.5) is 0 Å². The molecule has 0 amide bonds. The van der Waals surface area contributed by atoms with Gasteiger partial charge in [-0.3, -0.25) is 4.98 Å². The van der Waals surface area contributed by atoms with E-state index in [2.05, 4.69) is 20.7 Å². The Balaban J connectivity index is 2.02. The molecule has 0 radical (unpaired) electrons. The number of nitrogens with zero attached hydrogens (tertiary/aromatic N) is 2. The number of aryl methyl sites for hydroxylation is 1. The Bertz CT molecular complexity index is 425. The fourth-order valence-electron chi connectivity index (χ4n) is 1.49. The van der Waals surface area contributed by atoms with Gasteiger partial charge in [0, 0.05) is 29.8 Å². The summed E-state index contributed by atoms with van der Waals surface area (Å²) >= 11 is 1.73. The Morgan fingerprint density at radius 3 is 3.12 bits per heavy atom. The molecule has 0 saturated carbocycles. The Labute approximate surface area is 99.6 Å². The second kappa shape index (κ2) is 5.72. The van der Waals surface area contributed by atoms with Gasteiger partial charge in [-0.1, -0.05) is 0 Å². The molecule has 0 aliphatic rings. The van der Waals surface area contributed by atoms with E-state index in [0.29, 0.717) is 0 Å². The molecular formula is C12H15N3S. The van der Waals surface area contributed by atoms with Crippen LogP contribution in [-0.4, -0.2) is 23.6 Å². The third kappa shape index (κ3) is 2.87. The van der Waals surface area contributed by atoms with E-state index in [0.717, 1.165) is 30.6 Å². The number of pyridine rings is 1. The predicted octanol–water partition coefficient (Wildman–Crippen LogP) is 2.36. The van der Waals surface area contributed by atoms with Crippen molar-refractivity contribution in [1.29, 1.82) is 0 Å². The lowest BCUT2D eigenvalue weighted by atomic mass is 10.2. The van der Waals surface area contributed by atoms with Gasteiger partial charge < -0.3 is 5.32 Å². The van der Waals surface area contributed by atoms with Gasteiger partial charge in [0.25, 0.3) is 0 Å². The van der Waals surface area contributed by atoms with Gasteiger partial charge >= 0.3 is 0 Å². The summed E-state index contributed by atoms with van der Waals surface area (Å²) in [6.07, 6.45) is 5.82. The van der Waals surface area contributed by atoms with Crippen molar-refractivity contribution in [3.63, 3.8) is 0 Å². The SMILES string of the molecule is CNCCCc1nc(-c2cccnc2)cs1. The highest BCUT2D eigenvalue weighted by Crippen LogP contribution is 2.21. The molecular weight excluding hydrogens is 218 g/mol. The van der Waals surface area contributed by atoms with Crippen molar-refractivity contribution in [3.8, 4) is 11.3 Å². The highest BCUT2D eigenvalue weighted by molar-refractivity contribution is 7.09. The van der Waals surface area contributed by atoms with Crippen LogP contribution in [0.25, 0.3) is 11.3 Å². The van der Waals surface area contributed by atoms with Crippen LogP contribution in [0.3, 0.4) is 0 Å². The number of hydrogen-bond donors (Lipinski definition) is 1. The van der Waals surface area contributed by atoms with Crippen LogP contribution in [0.1, 0.15) is 11.4 Å². The minimum Gasteiger partial charge on any atom is -0.320 e. The number of rotatable bonds is 5. The van der Waals surface area contributed by atoms with Gasteiger partial charge in [0.1, 0.15) is 0 Å². The first-order valence-corrected chi connectivity index (χ1v) is 6.27. The van der Waals surface area contributed by atoms with Crippen LogP contribution in [0, 0.1) is 0 Å². The fourth-order valence-corrected chi connectivity index (χ4v) is 2.34. The molecule has 2 aromatic rings. The monoisotopic (exact) mass is 233 g/mol. The lowest BCUT2D eigenvalue weighted by Crippen LogP contribution is -2.08. The summed E-state index contributed by atoms with van der Waals surface area (Å²) in [6, 6.07) is 3.98. The Morgan fingerprint density at radius 2 is 2.38 bits per heavy atom. The van der Waals surface area contributed by atoms with Gasteiger partial charge in [-0.15, -0.1) is 11.3 Å². The molecule has 16 heavy (non-hydrogen) atoms. The number of hydrogen-bond acceptors (Lipinski definition) is 4. The second-order valence-electron chi connectivity index (χ2n) is 3.58. The molecule has 0 atom stereocenters. The second-order valence-corrected chi connectivity index (χ2v) is 4.52. The molecule has 0 aliphatic carbocycles. The van der Waals surface area contributed by atoms with Crippen LogP contribution in [0.15, 0.2) is 29.9 Å². The van der Waals surface area contributed by atoms with E-state index >= 15 is 0 Å². The Kier molecular flexibility index (Phi) is 4.02.